The van der Waals surface area contributed by atoms with E-state index < -0.39 is 11.6 Å². The first kappa shape index (κ1) is 10.5. The second-order valence-corrected chi connectivity index (χ2v) is 3.27. The lowest BCUT2D eigenvalue weighted by atomic mass is 10.1. The van der Waals surface area contributed by atoms with Crippen LogP contribution in [0.4, 0.5) is 4.39 Å². The summed E-state index contributed by atoms with van der Waals surface area (Å²) in [5.74, 6) is -1.24. The molecule has 0 aliphatic carbocycles. The Hall–Kier alpha value is -0.600. The zero-order chi connectivity index (χ0) is 10.0. The van der Waals surface area contributed by atoms with Crippen molar-refractivity contribution in [2.75, 3.05) is 5.88 Å². The Bertz CT molecular complexity index is 350. The standard InChI is InChI=1S/C9H7Cl2FO/c1-5-7(11)3-2-6(9(5)12)8(13)4-10/h2-3H,4H2,1H3. The lowest BCUT2D eigenvalue weighted by Crippen LogP contribution is -2.05. The highest BCUT2D eigenvalue weighted by molar-refractivity contribution is 6.32. The third-order valence-corrected chi connectivity index (χ3v) is 2.39. The van der Waals surface area contributed by atoms with Crippen LogP contribution in [0.15, 0.2) is 12.1 Å². The van der Waals surface area contributed by atoms with Crippen molar-refractivity contribution in [1.82, 2.24) is 0 Å². The number of hydrogen-bond donors (Lipinski definition) is 0. The first-order valence-electron chi connectivity index (χ1n) is 3.61. The van der Waals surface area contributed by atoms with E-state index >= 15 is 0 Å². The van der Waals surface area contributed by atoms with Crippen molar-refractivity contribution in [3.05, 3.63) is 34.1 Å². The number of carbonyl (C=O) groups excluding carboxylic acids is 1. The highest BCUT2D eigenvalue weighted by Crippen LogP contribution is 2.21. The van der Waals surface area contributed by atoms with E-state index in [2.05, 4.69) is 0 Å². The summed E-state index contributed by atoms with van der Waals surface area (Å²) >= 11 is 11.0. The van der Waals surface area contributed by atoms with Crippen molar-refractivity contribution in [2.24, 2.45) is 0 Å². The summed E-state index contributed by atoms with van der Waals surface area (Å²) in [6, 6.07) is 2.83. The third-order valence-electron chi connectivity index (χ3n) is 1.74. The molecule has 0 unspecified atom stereocenters. The van der Waals surface area contributed by atoms with Gasteiger partial charge in [-0.05, 0) is 19.1 Å². The number of Topliss-reactive ketones (excluding diaryl/α,β-unsaturated/α-hetero) is 1. The normalized spacial score (nSPS) is 10.2. The predicted octanol–water partition coefficient (Wildman–Crippen LogP) is 3.21. The number of hydrogen-bond acceptors (Lipinski definition) is 1. The molecule has 0 bridgehead atoms. The number of halogens is 3. The molecular formula is C9H7Cl2FO. The van der Waals surface area contributed by atoms with Gasteiger partial charge in [-0.15, -0.1) is 11.6 Å². The maximum atomic E-state index is 13.3. The molecule has 1 nitrogen and oxygen atoms in total. The molecule has 0 radical (unpaired) electrons. The molecule has 13 heavy (non-hydrogen) atoms. The van der Waals surface area contributed by atoms with Crippen LogP contribution in [0.3, 0.4) is 0 Å². The van der Waals surface area contributed by atoms with Gasteiger partial charge in [0.25, 0.3) is 0 Å². The van der Waals surface area contributed by atoms with Crippen molar-refractivity contribution in [3.8, 4) is 0 Å². The predicted molar refractivity (Wildman–Crippen MR) is 51.2 cm³/mol. The molecule has 1 aromatic carbocycles. The first-order chi connectivity index (χ1) is 6.07. The summed E-state index contributed by atoms with van der Waals surface area (Å²) in [5.41, 5.74) is 0.273. The zero-order valence-corrected chi connectivity index (χ0v) is 8.42. The third kappa shape index (κ3) is 2.01. The van der Waals surface area contributed by atoms with Gasteiger partial charge in [0.15, 0.2) is 5.78 Å². The molecule has 0 spiro atoms. The molecule has 0 aliphatic rings. The van der Waals surface area contributed by atoms with Crippen LogP contribution >= 0.6 is 23.2 Å². The van der Waals surface area contributed by atoms with Gasteiger partial charge in [0, 0.05) is 10.6 Å². The maximum Gasteiger partial charge on any atom is 0.180 e. The number of rotatable bonds is 2. The summed E-state index contributed by atoms with van der Waals surface area (Å²) in [4.78, 5) is 11.1. The second kappa shape index (κ2) is 4.07. The highest BCUT2D eigenvalue weighted by atomic mass is 35.5. The topological polar surface area (TPSA) is 17.1 Å². The van der Waals surface area contributed by atoms with Crippen LogP contribution in [-0.2, 0) is 0 Å². The van der Waals surface area contributed by atoms with Gasteiger partial charge in [0.1, 0.15) is 5.82 Å². The molecule has 0 fully saturated rings. The average Bonchev–Trinajstić information content (AvgIpc) is 2.13. The summed E-state index contributed by atoms with van der Waals surface area (Å²) in [6.07, 6.45) is 0. The number of benzene rings is 1. The lowest BCUT2D eigenvalue weighted by Gasteiger charge is -2.04. The molecule has 0 amide bonds. The van der Waals surface area contributed by atoms with Gasteiger partial charge >= 0.3 is 0 Å². The molecule has 0 N–H and O–H groups in total. The largest absolute Gasteiger partial charge is 0.293 e. The molecule has 0 aliphatic heterocycles. The Morgan fingerprint density at radius 2 is 2.15 bits per heavy atom. The minimum absolute atomic E-state index is 0.00287. The molecule has 0 saturated carbocycles. The molecule has 70 valence electrons. The number of carbonyl (C=O) groups is 1. The van der Waals surface area contributed by atoms with E-state index in [-0.39, 0.29) is 17.0 Å². The van der Waals surface area contributed by atoms with Gasteiger partial charge in [-0.2, -0.15) is 0 Å². The van der Waals surface area contributed by atoms with Crippen molar-refractivity contribution < 1.29 is 9.18 Å². The van der Waals surface area contributed by atoms with Crippen LogP contribution in [0, 0.1) is 12.7 Å². The molecular weight excluding hydrogens is 214 g/mol. The quantitative estimate of drug-likeness (QED) is 0.553. The van der Waals surface area contributed by atoms with Gasteiger partial charge in [0.05, 0.1) is 11.4 Å². The Kier molecular flexibility index (Phi) is 3.28. The van der Waals surface area contributed by atoms with E-state index in [1.54, 1.807) is 0 Å². The van der Waals surface area contributed by atoms with Crippen molar-refractivity contribution in [2.45, 2.75) is 6.92 Å². The van der Waals surface area contributed by atoms with Gasteiger partial charge in [0.2, 0.25) is 0 Å². The summed E-state index contributed by atoms with van der Waals surface area (Å²) in [6.45, 7) is 1.52. The Labute approximate surface area is 85.5 Å². The lowest BCUT2D eigenvalue weighted by molar-refractivity contribution is 0.101. The minimum Gasteiger partial charge on any atom is -0.293 e. The van der Waals surface area contributed by atoms with Crippen molar-refractivity contribution >= 4 is 29.0 Å². The van der Waals surface area contributed by atoms with Crippen LogP contribution in [0.25, 0.3) is 0 Å². The maximum absolute atomic E-state index is 13.3. The fourth-order valence-corrected chi connectivity index (χ4v) is 1.24. The van der Waals surface area contributed by atoms with Gasteiger partial charge < -0.3 is 0 Å². The van der Waals surface area contributed by atoms with Crippen LogP contribution in [0.2, 0.25) is 5.02 Å². The summed E-state index contributed by atoms with van der Waals surface area (Å²) in [7, 11) is 0. The Morgan fingerprint density at radius 3 is 2.69 bits per heavy atom. The van der Waals surface area contributed by atoms with E-state index in [0.717, 1.165) is 0 Å². The van der Waals surface area contributed by atoms with E-state index in [4.69, 9.17) is 23.2 Å². The molecule has 0 atom stereocenters. The molecule has 1 rings (SSSR count). The van der Waals surface area contributed by atoms with E-state index in [0.29, 0.717) is 5.02 Å². The fraction of sp³-hybridized carbons (Fsp3) is 0.222. The molecule has 0 heterocycles. The molecule has 4 heteroatoms. The van der Waals surface area contributed by atoms with E-state index in [1.807, 2.05) is 0 Å². The Morgan fingerprint density at radius 1 is 1.54 bits per heavy atom. The van der Waals surface area contributed by atoms with Gasteiger partial charge in [-0.3, -0.25) is 4.79 Å². The van der Waals surface area contributed by atoms with Crippen molar-refractivity contribution in [1.29, 1.82) is 0 Å². The monoisotopic (exact) mass is 220 g/mol. The van der Waals surface area contributed by atoms with Crippen molar-refractivity contribution in [3.63, 3.8) is 0 Å². The average molecular weight is 221 g/mol. The highest BCUT2D eigenvalue weighted by Gasteiger charge is 2.13. The van der Waals surface area contributed by atoms with E-state index in [1.165, 1.54) is 19.1 Å². The SMILES string of the molecule is Cc1c(Cl)ccc(C(=O)CCl)c1F. The van der Waals surface area contributed by atoms with Crippen LogP contribution in [0.1, 0.15) is 15.9 Å². The van der Waals surface area contributed by atoms with Crippen LogP contribution in [0.5, 0.6) is 0 Å². The van der Waals surface area contributed by atoms with E-state index in [9.17, 15) is 9.18 Å². The minimum atomic E-state index is -0.585. The first-order valence-corrected chi connectivity index (χ1v) is 4.53. The molecule has 0 aromatic heterocycles. The zero-order valence-electron chi connectivity index (χ0n) is 6.90. The molecule has 1 aromatic rings. The van der Waals surface area contributed by atoms with Gasteiger partial charge in [-0.25, -0.2) is 4.39 Å². The summed E-state index contributed by atoms with van der Waals surface area (Å²) in [5, 5.41) is 0.309. The number of ketones is 1. The Balaban J connectivity index is 3.26. The summed E-state index contributed by atoms with van der Waals surface area (Å²) < 4.78 is 13.3. The van der Waals surface area contributed by atoms with Crippen LogP contribution < -0.4 is 0 Å². The van der Waals surface area contributed by atoms with Crippen LogP contribution in [-0.4, -0.2) is 11.7 Å². The second-order valence-electron chi connectivity index (χ2n) is 2.59. The van der Waals surface area contributed by atoms with Gasteiger partial charge in [-0.1, -0.05) is 11.6 Å². The number of alkyl halides is 1. The smallest absolute Gasteiger partial charge is 0.180 e. The molecule has 0 saturated heterocycles. The fourth-order valence-electron chi connectivity index (χ4n) is 0.949.